The maximum absolute atomic E-state index is 11.9. The number of nitrogens with zero attached hydrogens (tertiary/aromatic N) is 2. The second-order valence-electron chi connectivity index (χ2n) is 7.45. The lowest BCUT2D eigenvalue weighted by Crippen LogP contribution is -2.27. The molecule has 1 heterocycles. The molecule has 1 aliphatic carbocycles. The standard InChI is InChI=1S/C23H27N3O2/c1-17-7-2-5-10-21(17)28-16-6-15-26-20-9-4-3-8-19(20)25-22(26)13-14-24-23(27)18-11-12-18/h2-5,7-10,18H,6,11-16H2,1H3,(H,24,27). The molecule has 1 N–H and O–H groups in total. The number of hydrogen-bond donors (Lipinski definition) is 1. The van der Waals surface area contributed by atoms with Crippen molar-refractivity contribution in [1.29, 1.82) is 0 Å². The predicted octanol–water partition coefficient (Wildman–Crippen LogP) is 3.88. The van der Waals surface area contributed by atoms with Crippen molar-refractivity contribution in [2.24, 2.45) is 5.92 Å². The SMILES string of the molecule is Cc1ccccc1OCCCn1c(CCNC(=O)C2CC2)nc2ccccc21. The summed E-state index contributed by atoms with van der Waals surface area (Å²) in [4.78, 5) is 16.7. The molecule has 0 radical (unpaired) electrons. The number of para-hydroxylation sites is 3. The average Bonchev–Trinajstić information content (AvgIpc) is 3.50. The zero-order valence-corrected chi connectivity index (χ0v) is 16.4. The van der Waals surface area contributed by atoms with Gasteiger partial charge in [0.15, 0.2) is 0 Å². The Balaban J connectivity index is 1.38. The van der Waals surface area contributed by atoms with Gasteiger partial charge >= 0.3 is 0 Å². The zero-order chi connectivity index (χ0) is 19.3. The number of aromatic nitrogens is 2. The summed E-state index contributed by atoms with van der Waals surface area (Å²) in [6.07, 6.45) is 3.71. The van der Waals surface area contributed by atoms with Crippen LogP contribution in [0.5, 0.6) is 5.75 Å². The van der Waals surface area contributed by atoms with E-state index in [1.54, 1.807) is 0 Å². The largest absolute Gasteiger partial charge is 0.493 e. The number of amides is 1. The van der Waals surface area contributed by atoms with Crippen LogP contribution in [0.25, 0.3) is 11.0 Å². The number of aryl methyl sites for hydroxylation is 2. The van der Waals surface area contributed by atoms with E-state index in [2.05, 4.69) is 28.9 Å². The fourth-order valence-electron chi connectivity index (χ4n) is 3.48. The molecule has 5 heteroatoms. The maximum Gasteiger partial charge on any atom is 0.223 e. The Morgan fingerprint density at radius 2 is 1.96 bits per heavy atom. The van der Waals surface area contributed by atoms with Crippen molar-refractivity contribution in [2.45, 2.75) is 39.2 Å². The van der Waals surface area contributed by atoms with Crippen LogP contribution >= 0.6 is 0 Å². The van der Waals surface area contributed by atoms with E-state index in [0.29, 0.717) is 13.2 Å². The van der Waals surface area contributed by atoms with Gasteiger partial charge in [-0.1, -0.05) is 30.3 Å². The number of imidazole rings is 1. The third kappa shape index (κ3) is 4.35. The van der Waals surface area contributed by atoms with Crippen LogP contribution in [0.3, 0.4) is 0 Å². The number of carbonyl (C=O) groups excluding carboxylic acids is 1. The number of carbonyl (C=O) groups is 1. The van der Waals surface area contributed by atoms with Gasteiger partial charge in [-0.15, -0.1) is 0 Å². The minimum Gasteiger partial charge on any atom is -0.493 e. The van der Waals surface area contributed by atoms with Gasteiger partial charge in [0.25, 0.3) is 0 Å². The lowest BCUT2D eigenvalue weighted by Gasteiger charge is -2.12. The molecule has 0 spiro atoms. The van der Waals surface area contributed by atoms with Crippen LogP contribution < -0.4 is 10.1 Å². The Bertz CT molecular complexity index is 959. The van der Waals surface area contributed by atoms with Crippen molar-refractivity contribution < 1.29 is 9.53 Å². The van der Waals surface area contributed by atoms with Crippen molar-refractivity contribution >= 4 is 16.9 Å². The Morgan fingerprint density at radius 1 is 1.18 bits per heavy atom. The van der Waals surface area contributed by atoms with Crippen LogP contribution in [-0.4, -0.2) is 28.6 Å². The van der Waals surface area contributed by atoms with Gasteiger partial charge in [0.1, 0.15) is 11.6 Å². The van der Waals surface area contributed by atoms with E-state index >= 15 is 0 Å². The van der Waals surface area contributed by atoms with Gasteiger partial charge in [-0.3, -0.25) is 4.79 Å². The predicted molar refractivity (Wildman–Crippen MR) is 110 cm³/mol. The number of benzene rings is 2. The van der Waals surface area contributed by atoms with Crippen molar-refractivity contribution in [3.63, 3.8) is 0 Å². The van der Waals surface area contributed by atoms with Crippen molar-refractivity contribution in [3.05, 3.63) is 59.9 Å². The molecular formula is C23H27N3O2. The molecule has 5 nitrogen and oxygen atoms in total. The monoisotopic (exact) mass is 377 g/mol. The van der Waals surface area contributed by atoms with E-state index < -0.39 is 0 Å². The number of rotatable bonds is 9. The summed E-state index contributed by atoms with van der Waals surface area (Å²) in [7, 11) is 0. The molecule has 0 unspecified atom stereocenters. The third-order valence-electron chi connectivity index (χ3n) is 5.21. The summed E-state index contributed by atoms with van der Waals surface area (Å²) in [6, 6.07) is 16.3. The smallest absolute Gasteiger partial charge is 0.223 e. The molecule has 1 aromatic heterocycles. The molecule has 1 aliphatic rings. The second-order valence-corrected chi connectivity index (χ2v) is 7.45. The number of fused-ring (bicyclic) bond motifs is 1. The number of nitrogens with one attached hydrogen (secondary N) is 1. The quantitative estimate of drug-likeness (QED) is 0.576. The Hall–Kier alpha value is -2.82. The summed E-state index contributed by atoms with van der Waals surface area (Å²) in [6.45, 7) is 4.21. The summed E-state index contributed by atoms with van der Waals surface area (Å²) in [5.41, 5.74) is 3.30. The zero-order valence-electron chi connectivity index (χ0n) is 16.4. The molecular weight excluding hydrogens is 350 g/mol. The van der Waals surface area contributed by atoms with Crippen LogP contribution in [0.4, 0.5) is 0 Å². The molecule has 1 fully saturated rings. The molecule has 1 amide bonds. The lowest BCUT2D eigenvalue weighted by atomic mass is 10.2. The highest BCUT2D eigenvalue weighted by molar-refractivity contribution is 5.80. The first-order valence-electron chi connectivity index (χ1n) is 10.1. The van der Waals surface area contributed by atoms with E-state index in [-0.39, 0.29) is 11.8 Å². The van der Waals surface area contributed by atoms with Crippen molar-refractivity contribution in [1.82, 2.24) is 14.9 Å². The van der Waals surface area contributed by atoms with Gasteiger partial charge < -0.3 is 14.6 Å². The van der Waals surface area contributed by atoms with Gasteiger partial charge in [-0.05, 0) is 49.9 Å². The van der Waals surface area contributed by atoms with Gasteiger partial charge in [-0.25, -0.2) is 4.98 Å². The number of ether oxygens (including phenoxy) is 1. The summed E-state index contributed by atoms with van der Waals surface area (Å²) in [5, 5.41) is 3.04. The van der Waals surface area contributed by atoms with E-state index in [9.17, 15) is 4.79 Å². The van der Waals surface area contributed by atoms with E-state index in [4.69, 9.17) is 9.72 Å². The highest BCUT2D eigenvalue weighted by Crippen LogP contribution is 2.28. The number of hydrogen-bond acceptors (Lipinski definition) is 3. The minimum absolute atomic E-state index is 0.189. The molecule has 4 rings (SSSR count). The third-order valence-corrected chi connectivity index (χ3v) is 5.21. The van der Waals surface area contributed by atoms with Crippen molar-refractivity contribution in [2.75, 3.05) is 13.2 Å². The van der Waals surface area contributed by atoms with E-state index in [0.717, 1.165) is 60.4 Å². The fourth-order valence-corrected chi connectivity index (χ4v) is 3.48. The van der Waals surface area contributed by atoms with Gasteiger partial charge in [0.05, 0.1) is 17.6 Å². The molecule has 3 aromatic rings. The molecule has 0 aliphatic heterocycles. The summed E-state index contributed by atoms with van der Waals surface area (Å²) < 4.78 is 8.21. The normalized spacial score (nSPS) is 13.6. The maximum atomic E-state index is 11.9. The Kier molecular flexibility index (Phi) is 5.60. The van der Waals surface area contributed by atoms with E-state index in [1.807, 2.05) is 36.4 Å². The van der Waals surface area contributed by atoms with Crippen LogP contribution in [-0.2, 0) is 17.8 Å². The average molecular weight is 377 g/mol. The van der Waals surface area contributed by atoms with Crippen LogP contribution in [0.15, 0.2) is 48.5 Å². The van der Waals surface area contributed by atoms with Crippen LogP contribution in [0.2, 0.25) is 0 Å². The van der Waals surface area contributed by atoms with Gasteiger partial charge in [0.2, 0.25) is 5.91 Å². The second kappa shape index (κ2) is 8.46. The molecule has 1 saturated carbocycles. The topological polar surface area (TPSA) is 56.1 Å². The summed E-state index contributed by atoms with van der Waals surface area (Å²) >= 11 is 0. The van der Waals surface area contributed by atoms with Gasteiger partial charge in [-0.2, -0.15) is 0 Å². The molecule has 146 valence electrons. The highest BCUT2D eigenvalue weighted by atomic mass is 16.5. The first-order chi connectivity index (χ1) is 13.7. The molecule has 0 bridgehead atoms. The molecule has 2 aromatic carbocycles. The van der Waals surface area contributed by atoms with Crippen LogP contribution in [0, 0.1) is 12.8 Å². The fraction of sp³-hybridized carbons (Fsp3) is 0.391. The minimum atomic E-state index is 0.189. The van der Waals surface area contributed by atoms with Gasteiger partial charge in [0, 0.05) is 25.4 Å². The van der Waals surface area contributed by atoms with Crippen molar-refractivity contribution in [3.8, 4) is 5.75 Å². The molecule has 28 heavy (non-hydrogen) atoms. The first kappa shape index (κ1) is 18.5. The highest BCUT2D eigenvalue weighted by Gasteiger charge is 2.29. The lowest BCUT2D eigenvalue weighted by molar-refractivity contribution is -0.122. The Morgan fingerprint density at radius 3 is 2.79 bits per heavy atom. The van der Waals surface area contributed by atoms with Crippen LogP contribution in [0.1, 0.15) is 30.7 Å². The molecule has 0 saturated heterocycles. The Labute approximate surface area is 165 Å². The molecule has 0 atom stereocenters. The summed E-state index contributed by atoms with van der Waals surface area (Å²) in [5.74, 6) is 2.40. The van der Waals surface area contributed by atoms with E-state index in [1.165, 1.54) is 0 Å². The first-order valence-corrected chi connectivity index (χ1v) is 10.1.